The van der Waals surface area contributed by atoms with E-state index in [1.807, 2.05) is 23.8 Å². The Morgan fingerprint density at radius 3 is 2.94 bits per heavy atom. The van der Waals surface area contributed by atoms with Crippen LogP contribution in [0.3, 0.4) is 0 Å². The molecule has 0 saturated heterocycles. The van der Waals surface area contributed by atoms with E-state index < -0.39 is 5.97 Å². The standard InChI is InChI=1S/C12H13N3O2/c1-3-11-14-6-7-15(11)9-4-5-13-10(8-9)12(16)17-2/h4-8H,3H2,1-2H3. The summed E-state index contributed by atoms with van der Waals surface area (Å²) in [6.45, 7) is 2.03. The van der Waals surface area contributed by atoms with Crippen molar-refractivity contribution in [3.8, 4) is 5.69 Å². The van der Waals surface area contributed by atoms with Crippen molar-refractivity contribution >= 4 is 5.97 Å². The molecule has 0 aromatic carbocycles. The summed E-state index contributed by atoms with van der Waals surface area (Å²) < 4.78 is 6.56. The molecule has 0 aliphatic carbocycles. The number of carbonyl (C=O) groups excluding carboxylic acids is 1. The van der Waals surface area contributed by atoms with Gasteiger partial charge < -0.3 is 9.30 Å². The Balaban J connectivity index is 2.43. The molecule has 2 rings (SSSR count). The molecular formula is C12H13N3O2. The Morgan fingerprint density at radius 1 is 1.41 bits per heavy atom. The van der Waals surface area contributed by atoms with Gasteiger partial charge >= 0.3 is 5.97 Å². The summed E-state index contributed by atoms with van der Waals surface area (Å²) in [7, 11) is 1.34. The topological polar surface area (TPSA) is 57.0 Å². The lowest BCUT2D eigenvalue weighted by Gasteiger charge is -2.07. The molecule has 0 aliphatic heterocycles. The fraction of sp³-hybridized carbons (Fsp3) is 0.250. The first-order valence-corrected chi connectivity index (χ1v) is 5.33. The van der Waals surface area contributed by atoms with Crippen molar-refractivity contribution in [3.05, 3.63) is 42.2 Å². The molecule has 2 aromatic heterocycles. The molecule has 0 radical (unpaired) electrons. The fourth-order valence-electron chi connectivity index (χ4n) is 1.62. The van der Waals surface area contributed by atoms with Crippen LogP contribution in [0.2, 0.25) is 0 Å². The number of carbonyl (C=O) groups is 1. The third-order valence-corrected chi connectivity index (χ3v) is 2.45. The number of hydrogen-bond acceptors (Lipinski definition) is 4. The highest BCUT2D eigenvalue weighted by molar-refractivity contribution is 5.87. The fourth-order valence-corrected chi connectivity index (χ4v) is 1.62. The first-order valence-electron chi connectivity index (χ1n) is 5.33. The molecule has 0 aliphatic rings. The zero-order chi connectivity index (χ0) is 12.3. The van der Waals surface area contributed by atoms with Crippen LogP contribution in [0.25, 0.3) is 5.69 Å². The number of pyridine rings is 1. The highest BCUT2D eigenvalue weighted by Crippen LogP contribution is 2.12. The number of esters is 1. The van der Waals surface area contributed by atoms with Crippen LogP contribution in [0, 0.1) is 0 Å². The van der Waals surface area contributed by atoms with Crippen molar-refractivity contribution in [1.29, 1.82) is 0 Å². The molecule has 88 valence electrons. The van der Waals surface area contributed by atoms with E-state index in [2.05, 4.69) is 14.7 Å². The number of methoxy groups -OCH3 is 1. The van der Waals surface area contributed by atoms with Crippen LogP contribution in [-0.4, -0.2) is 27.6 Å². The van der Waals surface area contributed by atoms with Crippen molar-refractivity contribution in [1.82, 2.24) is 14.5 Å². The SMILES string of the molecule is CCc1nccn1-c1ccnc(C(=O)OC)c1. The van der Waals surface area contributed by atoms with Crippen molar-refractivity contribution < 1.29 is 9.53 Å². The highest BCUT2D eigenvalue weighted by Gasteiger charge is 2.09. The normalized spacial score (nSPS) is 10.2. The summed E-state index contributed by atoms with van der Waals surface area (Å²) in [5.74, 6) is 0.497. The van der Waals surface area contributed by atoms with Gasteiger partial charge in [0.05, 0.1) is 12.8 Å². The zero-order valence-corrected chi connectivity index (χ0v) is 9.75. The first-order chi connectivity index (χ1) is 8.26. The monoisotopic (exact) mass is 231 g/mol. The van der Waals surface area contributed by atoms with Crippen LogP contribution in [0.4, 0.5) is 0 Å². The maximum Gasteiger partial charge on any atom is 0.356 e. The smallest absolute Gasteiger partial charge is 0.356 e. The third-order valence-electron chi connectivity index (χ3n) is 2.45. The van der Waals surface area contributed by atoms with Gasteiger partial charge in [0.15, 0.2) is 0 Å². The zero-order valence-electron chi connectivity index (χ0n) is 9.75. The second kappa shape index (κ2) is 4.78. The third kappa shape index (κ3) is 2.18. The lowest BCUT2D eigenvalue weighted by Crippen LogP contribution is -2.06. The predicted molar refractivity (Wildman–Crippen MR) is 62.1 cm³/mol. The summed E-state index contributed by atoms with van der Waals surface area (Å²) in [6, 6.07) is 3.51. The highest BCUT2D eigenvalue weighted by atomic mass is 16.5. The van der Waals surface area contributed by atoms with Crippen molar-refractivity contribution in [3.63, 3.8) is 0 Å². The maximum atomic E-state index is 11.4. The number of rotatable bonds is 3. The molecule has 5 nitrogen and oxygen atoms in total. The molecule has 0 atom stereocenters. The number of aryl methyl sites for hydroxylation is 1. The van der Waals surface area contributed by atoms with Gasteiger partial charge in [-0.25, -0.2) is 14.8 Å². The van der Waals surface area contributed by atoms with Gasteiger partial charge in [0.1, 0.15) is 11.5 Å². The summed E-state index contributed by atoms with van der Waals surface area (Å²) in [4.78, 5) is 19.6. The van der Waals surface area contributed by atoms with Crippen LogP contribution in [-0.2, 0) is 11.2 Å². The minimum atomic E-state index is -0.440. The van der Waals surface area contributed by atoms with E-state index >= 15 is 0 Å². The van der Waals surface area contributed by atoms with Gasteiger partial charge in [-0.2, -0.15) is 0 Å². The number of aromatic nitrogens is 3. The van der Waals surface area contributed by atoms with Crippen LogP contribution in [0.15, 0.2) is 30.7 Å². The van der Waals surface area contributed by atoms with Gasteiger partial charge in [-0.3, -0.25) is 0 Å². The van der Waals surface area contributed by atoms with E-state index in [9.17, 15) is 4.79 Å². The molecule has 0 saturated carbocycles. The quantitative estimate of drug-likeness (QED) is 0.753. The molecule has 0 bridgehead atoms. The van der Waals surface area contributed by atoms with Crippen molar-refractivity contribution in [2.75, 3.05) is 7.11 Å². The molecule has 17 heavy (non-hydrogen) atoms. The van der Waals surface area contributed by atoms with Gasteiger partial charge in [0.2, 0.25) is 0 Å². The van der Waals surface area contributed by atoms with Gasteiger partial charge in [0.25, 0.3) is 0 Å². The number of hydrogen-bond donors (Lipinski definition) is 0. The minimum Gasteiger partial charge on any atom is -0.464 e. The summed E-state index contributed by atoms with van der Waals surface area (Å²) in [5, 5.41) is 0. The Morgan fingerprint density at radius 2 is 2.24 bits per heavy atom. The summed E-state index contributed by atoms with van der Waals surface area (Å²) in [5.41, 5.74) is 1.15. The van der Waals surface area contributed by atoms with Crippen LogP contribution in [0.1, 0.15) is 23.2 Å². The van der Waals surface area contributed by atoms with Crippen molar-refractivity contribution in [2.24, 2.45) is 0 Å². The van der Waals surface area contributed by atoms with Crippen LogP contribution in [0.5, 0.6) is 0 Å². The predicted octanol–water partition coefficient (Wildman–Crippen LogP) is 1.62. The second-order valence-corrected chi connectivity index (χ2v) is 3.46. The lowest BCUT2D eigenvalue weighted by molar-refractivity contribution is 0.0594. The van der Waals surface area contributed by atoms with Crippen LogP contribution < -0.4 is 0 Å². The Kier molecular flexibility index (Phi) is 3.18. The van der Waals surface area contributed by atoms with E-state index in [0.29, 0.717) is 5.69 Å². The second-order valence-electron chi connectivity index (χ2n) is 3.46. The first kappa shape index (κ1) is 11.3. The summed E-state index contributed by atoms with van der Waals surface area (Å²) in [6.07, 6.45) is 6.00. The Bertz CT molecular complexity index is 534. The van der Waals surface area contributed by atoms with Gasteiger partial charge in [-0.15, -0.1) is 0 Å². The Hall–Kier alpha value is -2.17. The Labute approximate surface area is 99.1 Å². The van der Waals surface area contributed by atoms with Crippen molar-refractivity contribution in [2.45, 2.75) is 13.3 Å². The average Bonchev–Trinajstić information content (AvgIpc) is 2.86. The molecule has 0 unspecified atom stereocenters. The number of imidazole rings is 1. The summed E-state index contributed by atoms with van der Waals surface area (Å²) >= 11 is 0. The van der Waals surface area contributed by atoms with E-state index in [4.69, 9.17) is 0 Å². The molecule has 2 heterocycles. The number of nitrogens with zero attached hydrogens (tertiary/aromatic N) is 3. The van der Waals surface area contributed by atoms with Gasteiger partial charge in [-0.1, -0.05) is 6.92 Å². The number of ether oxygens (including phenoxy) is 1. The molecule has 0 spiro atoms. The van der Waals surface area contributed by atoms with Gasteiger partial charge in [0, 0.05) is 25.0 Å². The molecule has 0 amide bonds. The van der Waals surface area contributed by atoms with E-state index in [1.165, 1.54) is 7.11 Å². The maximum absolute atomic E-state index is 11.4. The van der Waals surface area contributed by atoms with E-state index in [0.717, 1.165) is 17.9 Å². The largest absolute Gasteiger partial charge is 0.464 e. The molecular weight excluding hydrogens is 218 g/mol. The van der Waals surface area contributed by atoms with Crippen LogP contribution >= 0.6 is 0 Å². The van der Waals surface area contributed by atoms with Gasteiger partial charge in [-0.05, 0) is 12.1 Å². The lowest BCUT2D eigenvalue weighted by atomic mass is 10.3. The average molecular weight is 231 g/mol. The molecule has 2 aromatic rings. The molecule has 5 heteroatoms. The van der Waals surface area contributed by atoms with E-state index in [-0.39, 0.29) is 0 Å². The van der Waals surface area contributed by atoms with E-state index in [1.54, 1.807) is 18.5 Å². The minimum absolute atomic E-state index is 0.292. The molecule has 0 fully saturated rings. The molecule has 0 N–H and O–H groups in total.